The summed E-state index contributed by atoms with van der Waals surface area (Å²) in [4.78, 5) is 0. The van der Waals surface area contributed by atoms with Gasteiger partial charge in [0.2, 0.25) is 0 Å². The predicted octanol–water partition coefficient (Wildman–Crippen LogP) is 0.0536. The first-order chi connectivity index (χ1) is 6.72. The van der Waals surface area contributed by atoms with Gasteiger partial charge in [0.25, 0.3) is 10.1 Å². The Morgan fingerprint density at radius 3 is 2.47 bits per heavy atom. The molecule has 0 amide bonds. The van der Waals surface area contributed by atoms with Crippen molar-refractivity contribution >= 4 is 10.1 Å². The molecule has 0 bridgehead atoms. The minimum absolute atomic E-state index is 0.228. The molecule has 0 saturated carbocycles. The van der Waals surface area contributed by atoms with Gasteiger partial charge in [-0.3, -0.25) is 4.55 Å². The molecule has 0 saturated heterocycles. The van der Waals surface area contributed by atoms with Gasteiger partial charge in [0.1, 0.15) is 11.4 Å². The monoisotopic (exact) mass is 236 g/mol. The third-order valence-electron chi connectivity index (χ3n) is 1.98. The Morgan fingerprint density at radius 1 is 1.60 bits per heavy atom. The van der Waals surface area contributed by atoms with Gasteiger partial charge in [0.15, 0.2) is 0 Å². The Bertz CT molecular complexity index is 329. The molecule has 5 nitrogen and oxygen atoms in total. The molecule has 0 aromatic rings. The van der Waals surface area contributed by atoms with Crippen LogP contribution in [0.25, 0.3) is 0 Å². The second-order valence-electron chi connectivity index (χ2n) is 3.44. The second-order valence-corrected chi connectivity index (χ2v) is 4.94. The molecule has 0 aliphatic heterocycles. The van der Waals surface area contributed by atoms with Crippen molar-refractivity contribution in [1.82, 2.24) is 0 Å². The standard InChI is InChI=1S/C9H16O5S/c1-4-9(3,5-2)14-6-8(10)7-15(11,12)13/h1,8,10H,5-7H2,2-3H3,(H,11,12,13)/t8-,9-/m0/s1. The van der Waals surface area contributed by atoms with E-state index in [4.69, 9.17) is 15.7 Å². The molecule has 0 spiro atoms. The van der Waals surface area contributed by atoms with E-state index in [-0.39, 0.29) is 6.61 Å². The van der Waals surface area contributed by atoms with Crippen LogP contribution in [0.4, 0.5) is 0 Å². The van der Waals surface area contributed by atoms with Crippen LogP contribution in [0.15, 0.2) is 0 Å². The fraction of sp³-hybridized carbons (Fsp3) is 0.778. The van der Waals surface area contributed by atoms with Crippen molar-refractivity contribution in [1.29, 1.82) is 0 Å². The Labute approximate surface area is 90.2 Å². The van der Waals surface area contributed by atoms with Crippen molar-refractivity contribution < 1.29 is 22.8 Å². The van der Waals surface area contributed by atoms with Gasteiger partial charge in [-0.15, -0.1) is 6.42 Å². The fourth-order valence-electron chi connectivity index (χ4n) is 0.817. The average molecular weight is 236 g/mol. The summed E-state index contributed by atoms with van der Waals surface area (Å²) in [6.07, 6.45) is 4.47. The van der Waals surface area contributed by atoms with E-state index in [0.717, 1.165) is 0 Å². The summed E-state index contributed by atoms with van der Waals surface area (Å²) in [7, 11) is -4.19. The quantitative estimate of drug-likeness (QED) is 0.503. The van der Waals surface area contributed by atoms with E-state index in [0.29, 0.717) is 6.42 Å². The molecule has 0 aliphatic rings. The van der Waals surface area contributed by atoms with E-state index in [2.05, 4.69) is 5.92 Å². The summed E-state index contributed by atoms with van der Waals surface area (Å²) < 4.78 is 34.4. The first-order valence-corrected chi connectivity index (χ1v) is 6.08. The van der Waals surface area contributed by atoms with Gasteiger partial charge in [-0.05, 0) is 13.3 Å². The number of ether oxygens (including phenoxy) is 1. The lowest BCUT2D eigenvalue weighted by atomic mass is 10.1. The largest absolute Gasteiger partial charge is 0.390 e. The third kappa shape index (κ3) is 6.47. The molecule has 0 aromatic heterocycles. The van der Waals surface area contributed by atoms with Gasteiger partial charge in [-0.1, -0.05) is 12.8 Å². The Morgan fingerprint density at radius 2 is 2.13 bits per heavy atom. The average Bonchev–Trinajstić information content (AvgIpc) is 2.12. The predicted molar refractivity (Wildman–Crippen MR) is 55.9 cm³/mol. The van der Waals surface area contributed by atoms with Crippen molar-refractivity contribution in [3.8, 4) is 12.3 Å². The van der Waals surface area contributed by atoms with Crippen LogP contribution in [0, 0.1) is 12.3 Å². The topological polar surface area (TPSA) is 83.8 Å². The Kier molecular flexibility index (Phi) is 5.24. The Balaban J connectivity index is 4.13. The molecule has 0 rings (SSSR count). The van der Waals surface area contributed by atoms with E-state index in [9.17, 15) is 13.5 Å². The summed E-state index contributed by atoms with van der Waals surface area (Å²) in [6, 6.07) is 0. The van der Waals surface area contributed by atoms with Gasteiger partial charge in [-0.25, -0.2) is 0 Å². The van der Waals surface area contributed by atoms with E-state index in [1.54, 1.807) is 6.92 Å². The SMILES string of the molecule is C#C[C@@](C)(CC)OC[C@H](O)CS(=O)(=O)O. The van der Waals surface area contributed by atoms with Crippen molar-refractivity contribution in [2.45, 2.75) is 32.0 Å². The number of terminal acetylenes is 1. The lowest BCUT2D eigenvalue weighted by Crippen LogP contribution is -2.33. The highest BCUT2D eigenvalue weighted by atomic mass is 32.2. The smallest absolute Gasteiger partial charge is 0.267 e. The maximum absolute atomic E-state index is 10.4. The number of aliphatic hydroxyl groups is 1. The zero-order valence-electron chi connectivity index (χ0n) is 8.80. The van der Waals surface area contributed by atoms with Crippen LogP contribution in [0.5, 0.6) is 0 Å². The summed E-state index contributed by atoms with van der Waals surface area (Å²) in [5, 5.41) is 9.21. The van der Waals surface area contributed by atoms with E-state index in [1.807, 2.05) is 6.92 Å². The maximum atomic E-state index is 10.4. The number of hydrogen-bond acceptors (Lipinski definition) is 4. The van der Waals surface area contributed by atoms with E-state index >= 15 is 0 Å². The molecule has 88 valence electrons. The van der Waals surface area contributed by atoms with Crippen molar-refractivity contribution in [2.75, 3.05) is 12.4 Å². The zero-order valence-corrected chi connectivity index (χ0v) is 9.62. The molecule has 0 unspecified atom stereocenters. The van der Waals surface area contributed by atoms with Gasteiger partial charge in [0.05, 0.1) is 12.7 Å². The van der Waals surface area contributed by atoms with Crippen LogP contribution in [0.1, 0.15) is 20.3 Å². The van der Waals surface area contributed by atoms with Crippen LogP contribution < -0.4 is 0 Å². The summed E-state index contributed by atoms with van der Waals surface area (Å²) >= 11 is 0. The molecular formula is C9H16O5S. The Hall–Kier alpha value is -0.610. The molecule has 6 heteroatoms. The minimum Gasteiger partial charge on any atom is -0.390 e. The molecule has 0 heterocycles. The number of hydrogen-bond donors (Lipinski definition) is 2. The molecule has 0 aromatic carbocycles. The van der Waals surface area contributed by atoms with Crippen LogP contribution in [-0.2, 0) is 14.9 Å². The van der Waals surface area contributed by atoms with Gasteiger partial charge in [-0.2, -0.15) is 8.42 Å². The molecule has 2 N–H and O–H groups in total. The molecular weight excluding hydrogens is 220 g/mol. The minimum atomic E-state index is -4.19. The highest BCUT2D eigenvalue weighted by molar-refractivity contribution is 7.85. The van der Waals surface area contributed by atoms with Crippen LogP contribution in [-0.4, -0.2) is 42.1 Å². The van der Waals surface area contributed by atoms with Gasteiger partial charge >= 0.3 is 0 Å². The van der Waals surface area contributed by atoms with Crippen molar-refractivity contribution in [3.63, 3.8) is 0 Å². The summed E-state index contributed by atoms with van der Waals surface area (Å²) in [5.41, 5.74) is -0.819. The lowest BCUT2D eigenvalue weighted by molar-refractivity contribution is -0.0327. The van der Waals surface area contributed by atoms with E-state index in [1.165, 1.54) is 0 Å². The lowest BCUT2D eigenvalue weighted by Gasteiger charge is -2.23. The molecule has 2 atom stereocenters. The summed E-state index contributed by atoms with van der Waals surface area (Å²) in [6.45, 7) is 3.25. The molecule has 15 heavy (non-hydrogen) atoms. The van der Waals surface area contributed by atoms with Crippen LogP contribution >= 0.6 is 0 Å². The molecule has 0 aliphatic carbocycles. The fourth-order valence-corrected chi connectivity index (χ4v) is 1.40. The number of aliphatic hydroxyl groups excluding tert-OH is 1. The zero-order chi connectivity index (χ0) is 12.1. The maximum Gasteiger partial charge on any atom is 0.267 e. The summed E-state index contributed by atoms with van der Waals surface area (Å²) in [5.74, 6) is 1.65. The highest BCUT2D eigenvalue weighted by Gasteiger charge is 2.22. The number of rotatable bonds is 6. The van der Waals surface area contributed by atoms with Crippen molar-refractivity contribution in [2.24, 2.45) is 0 Å². The molecule has 0 fully saturated rings. The van der Waals surface area contributed by atoms with Gasteiger partial charge in [0, 0.05) is 0 Å². The van der Waals surface area contributed by atoms with Crippen molar-refractivity contribution in [3.05, 3.63) is 0 Å². The van der Waals surface area contributed by atoms with Crippen LogP contribution in [0.3, 0.4) is 0 Å². The normalized spacial score (nSPS) is 17.8. The third-order valence-corrected chi connectivity index (χ3v) is 2.78. The van der Waals surface area contributed by atoms with E-state index < -0.39 is 27.6 Å². The second kappa shape index (κ2) is 5.47. The van der Waals surface area contributed by atoms with Gasteiger partial charge < -0.3 is 9.84 Å². The first-order valence-electron chi connectivity index (χ1n) is 4.47. The molecule has 0 radical (unpaired) electrons. The first kappa shape index (κ1) is 14.4. The van der Waals surface area contributed by atoms with Crippen LogP contribution in [0.2, 0.25) is 0 Å². The highest BCUT2D eigenvalue weighted by Crippen LogP contribution is 2.13.